The van der Waals surface area contributed by atoms with Crippen molar-refractivity contribution in [3.63, 3.8) is 0 Å². The monoisotopic (exact) mass is 264 g/mol. The van der Waals surface area contributed by atoms with Crippen molar-refractivity contribution in [2.24, 2.45) is 0 Å². The molecule has 0 aliphatic heterocycles. The molecule has 0 aliphatic rings. The van der Waals surface area contributed by atoms with Crippen LogP contribution in [-0.4, -0.2) is 12.1 Å². The summed E-state index contributed by atoms with van der Waals surface area (Å²) < 4.78 is 57.7. The van der Waals surface area contributed by atoms with Crippen molar-refractivity contribution in [3.8, 4) is 0 Å². The zero-order valence-electron chi connectivity index (χ0n) is 10.1. The lowest BCUT2D eigenvalue weighted by Gasteiger charge is -2.11. The second-order valence-corrected chi connectivity index (χ2v) is 4.07. The smallest absolute Gasteiger partial charge is 0.310 e. The Labute approximate surface area is 102 Å². The standard InChI is InChI=1S/C12H12F4O2/c1-5(2)18-8(17)4-7-9(13)6(3)10(14)12(16)11(7)15/h5H,4H2,1-3H3. The number of benzene rings is 1. The van der Waals surface area contributed by atoms with E-state index in [-0.39, 0.29) is 0 Å². The molecule has 18 heavy (non-hydrogen) atoms. The van der Waals surface area contributed by atoms with E-state index in [1.807, 2.05) is 0 Å². The lowest BCUT2D eigenvalue weighted by molar-refractivity contribution is -0.146. The van der Waals surface area contributed by atoms with Gasteiger partial charge in [0.15, 0.2) is 17.5 Å². The second-order valence-electron chi connectivity index (χ2n) is 4.07. The van der Waals surface area contributed by atoms with Gasteiger partial charge in [-0.2, -0.15) is 0 Å². The first-order chi connectivity index (χ1) is 8.25. The fourth-order valence-corrected chi connectivity index (χ4v) is 1.42. The van der Waals surface area contributed by atoms with E-state index in [0.29, 0.717) is 0 Å². The van der Waals surface area contributed by atoms with Crippen LogP contribution in [-0.2, 0) is 16.0 Å². The largest absolute Gasteiger partial charge is 0.463 e. The van der Waals surface area contributed by atoms with Crippen molar-refractivity contribution in [1.29, 1.82) is 0 Å². The fourth-order valence-electron chi connectivity index (χ4n) is 1.42. The predicted molar refractivity (Wildman–Crippen MR) is 55.9 cm³/mol. The molecule has 1 rings (SSSR count). The summed E-state index contributed by atoms with van der Waals surface area (Å²) in [6, 6.07) is 0. The van der Waals surface area contributed by atoms with Gasteiger partial charge in [0, 0.05) is 11.1 Å². The van der Waals surface area contributed by atoms with Gasteiger partial charge in [-0.3, -0.25) is 4.79 Å². The van der Waals surface area contributed by atoms with Crippen molar-refractivity contribution in [2.75, 3.05) is 0 Å². The van der Waals surface area contributed by atoms with E-state index in [2.05, 4.69) is 4.74 Å². The number of esters is 1. The van der Waals surface area contributed by atoms with Crippen molar-refractivity contribution < 1.29 is 27.1 Å². The van der Waals surface area contributed by atoms with Gasteiger partial charge in [0.05, 0.1) is 12.5 Å². The topological polar surface area (TPSA) is 26.3 Å². The normalized spacial score (nSPS) is 10.9. The van der Waals surface area contributed by atoms with Crippen molar-refractivity contribution >= 4 is 5.97 Å². The highest BCUT2D eigenvalue weighted by Gasteiger charge is 2.25. The van der Waals surface area contributed by atoms with E-state index in [0.717, 1.165) is 6.92 Å². The third-order valence-corrected chi connectivity index (χ3v) is 2.26. The number of carbonyl (C=O) groups is 1. The summed E-state index contributed by atoms with van der Waals surface area (Å²) >= 11 is 0. The van der Waals surface area contributed by atoms with E-state index >= 15 is 0 Å². The average Bonchev–Trinajstić information content (AvgIpc) is 2.29. The molecule has 100 valence electrons. The molecular formula is C12H12F4O2. The van der Waals surface area contributed by atoms with Crippen LogP contribution in [0.5, 0.6) is 0 Å². The number of hydrogen-bond donors (Lipinski definition) is 0. The summed E-state index contributed by atoms with van der Waals surface area (Å²) in [4.78, 5) is 11.3. The van der Waals surface area contributed by atoms with E-state index in [1.165, 1.54) is 0 Å². The van der Waals surface area contributed by atoms with E-state index in [9.17, 15) is 22.4 Å². The molecular weight excluding hydrogens is 252 g/mol. The van der Waals surface area contributed by atoms with E-state index in [4.69, 9.17) is 0 Å². The van der Waals surface area contributed by atoms with Crippen LogP contribution in [0.2, 0.25) is 0 Å². The maximum absolute atomic E-state index is 13.5. The number of carbonyl (C=O) groups excluding carboxylic acids is 1. The van der Waals surface area contributed by atoms with Crippen LogP contribution in [0.25, 0.3) is 0 Å². The first kappa shape index (κ1) is 14.5. The second kappa shape index (κ2) is 5.37. The summed E-state index contributed by atoms with van der Waals surface area (Å²) in [5, 5.41) is 0. The minimum absolute atomic E-state index is 0.463. The molecule has 0 saturated carbocycles. The molecule has 0 aliphatic carbocycles. The molecule has 6 heteroatoms. The number of hydrogen-bond acceptors (Lipinski definition) is 2. The SMILES string of the molecule is Cc1c(F)c(F)c(F)c(CC(=O)OC(C)C)c1F. The Morgan fingerprint density at radius 2 is 1.61 bits per heavy atom. The third kappa shape index (κ3) is 2.80. The van der Waals surface area contributed by atoms with Gasteiger partial charge in [-0.15, -0.1) is 0 Å². The molecule has 0 atom stereocenters. The maximum atomic E-state index is 13.5. The van der Waals surface area contributed by atoms with Gasteiger partial charge in [0.25, 0.3) is 0 Å². The fraction of sp³-hybridized carbons (Fsp3) is 0.417. The van der Waals surface area contributed by atoms with E-state index in [1.54, 1.807) is 13.8 Å². The molecule has 0 saturated heterocycles. The highest BCUT2D eigenvalue weighted by atomic mass is 19.2. The van der Waals surface area contributed by atoms with Gasteiger partial charge >= 0.3 is 5.97 Å². The molecule has 0 aromatic heterocycles. The summed E-state index contributed by atoms with van der Waals surface area (Å²) in [5.74, 6) is -7.26. The van der Waals surface area contributed by atoms with Crippen LogP contribution in [0.1, 0.15) is 25.0 Å². The molecule has 0 radical (unpaired) electrons. The summed E-state index contributed by atoms with van der Waals surface area (Å²) in [6.07, 6.45) is -1.25. The van der Waals surface area contributed by atoms with Gasteiger partial charge < -0.3 is 4.74 Å². The van der Waals surface area contributed by atoms with Crippen molar-refractivity contribution in [2.45, 2.75) is 33.3 Å². The molecule has 0 heterocycles. The van der Waals surface area contributed by atoms with Crippen molar-refractivity contribution in [3.05, 3.63) is 34.4 Å². The van der Waals surface area contributed by atoms with Crippen molar-refractivity contribution in [1.82, 2.24) is 0 Å². The Morgan fingerprint density at radius 1 is 1.06 bits per heavy atom. The summed E-state index contributed by atoms with van der Waals surface area (Å²) in [5.41, 5.74) is -1.49. The van der Waals surface area contributed by atoms with Crippen LogP contribution < -0.4 is 0 Å². The molecule has 0 spiro atoms. The molecule has 1 aromatic rings. The van der Waals surface area contributed by atoms with Gasteiger partial charge in [0.2, 0.25) is 0 Å². The third-order valence-electron chi connectivity index (χ3n) is 2.26. The van der Waals surface area contributed by atoms with Crippen LogP contribution in [0.4, 0.5) is 17.6 Å². The summed E-state index contributed by atoms with van der Waals surface area (Å²) in [7, 11) is 0. The molecule has 0 fully saturated rings. The zero-order chi connectivity index (χ0) is 14.0. The van der Waals surface area contributed by atoms with Crippen LogP contribution in [0.15, 0.2) is 0 Å². The van der Waals surface area contributed by atoms with Crippen LogP contribution in [0, 0.1) is 30.2 Å². The van der Waals surface area contributed by atoms with E-state index < -0.39 is 52.9 Å². The quantitative estimate of drug-likeness (QED) is 0.363. The molecule has 1 aromatic carbocycles. The maximum Gasteiger partial charge on any atom is 0.310 e. The Morgan fingerprint density at radius 3 is 2.11 bits per heavy atom. The Hall–Kier alpha value is -1.59. The highest BCUT2D eigenvalue weighted by molar-refractivity contribution is 5.73. The summed E-state index contributed by atoms with van der Waals surface area (Å²) in [6.45, 7) is 4.08. The first-order valence-electron chi connectivity index (χ1n) is 5.26. The highest BCUT2D eigenvalue weighted by Crippen LogP contribution is 2.24. The zero-order valence-corrected chi connectivity index (χ0v) is 10.1. The number of rotatable bonds is 3. The van der Waals surface area contributed by atoms with Gasteiger partial charge in [-0.05, 0) is 20.8 Å². The minimum atomic E-state index is -1.79. The molecule has 2 nitrogen and oxygen atoms in total. The minimum Gasteiger partial charge on any atom is -0.463 e. The van der Waals surface area contributed by atoms with Gasteiger partial charge in [0.1, 0.15) is 5.82 Å². The first-order valence-corrected chi connectivity index (χ1v) is 5.26. The Balaban J connectivity index is 3.14. The number of halogens is 4. The molecule has 0 bridgehead atoms. The molecule has 0 unspecified atom stereocenters. The van der Waals surface area contributed by atoms with Crippen LogP contribution >= 0.6 is 0 Å². The van der Waals surface area contributed by atoms with Gasteiger partial charge in [-0.25, -0.2) is 17.6 Å². The molecule has 0 amide bonds. The lowest BCUT2D eigenvalue weighted by atomic mass is 10.1. The van der Waals surface area contributed by atoms with Crippen LogP contribution in [0.3, 0.4) is 0 Å². The number of ether oxygens (including phenoxy) is 1. The Kier molecular flexibility index (Phi) is 4.32. The van der Waals surface area contributed by atoms with Gasteiger partial charge in [-0.1, -0.05) is 0 Å². The average molecular weight is 264 g/mol. The lowest BCUT2D eigenvalue weighted by Crippen LogP contribution is -2.17. The Bertz CT molecular complexity index is 454. The molecule has 0 N–H and O–H groups in total. The predicted octanol–water partition coefficient (Wildman–Crippen LogP) is 3.05.